The fraction of sp³-hybridized carbons (Fsp3) is 0.333. The van der Waals surface area contributed by atoms with Gasteiger partial charge in [0.25, 0.3) is 5.91 Å². The monoisotopic (exact) mass is 338 g/mol. The number of nitrogens with one attached hydrogen (secondary N) is 2. The van der Waals surface area contributed by atoms with E-state index in [1.807, 2.05) is 30.3 Å². The van der Waals surface area contributed by atoms with Crippen LogP contribution >= 0.6 is 0 Å². The lowest BCUT2D eigenvalue weighted by Crippen LogP contribution is -2.44. The van der Waals surface area contributed by atoms with E-state index < -0.39 is 17.5 Å². The number of urea groups is 1. The van der Waals surface area contributed by atoms with E-state index in [2.05, 4.69) is 15.6 Å². The number of carbonyl (C=O) groups is 3. The third-order valence-electron chi connectivity index (χ3n) is 4.88. The van der Waals surface area contributed by atoms with Crippen LogP contribution in [0.5, 0.6) is 0 Å². The summed E-state index contributed by atoms with van der Waals surface area (Å²) >= 11 is 0. The van der Waals surface area contributed by atoms with Crippen LogP contribution in [0.1, 0.15) is 25.7 Å². The lowest BCUT2D eigenvalue weighted by molar-refractivity contribution is -0.133. The first-order chi connectivity index (χ1) is 12.1. The van der Waals surface area contributed by atoms with Crippen molar-refractivity contribution < 1.29 is 14.4 Å². The average molecular weight is 338 g/mol. The number of rotatable bonds is 3. The smallest absolute Gasteiger partial charge is 0.323 e. The van der Waals surface area contributed by atoms with Crippen LogP contribution < -0.4 is 10.6 Å². The number of carbonyl (C=O) groups excluding carboxylic acids is 3. The molecule has 1 aromatic carbocycles. The molecule has 2 aliphatic rings. The Morgan fingerprint density at radius 3 is 2.80 bits per heavy atom. The summed E-state index contributed by atoms with van der Waals surface area (Å²) in [5.74, 6) is -0.711. The van der Waals surface area contributed by atoms with Gasteiger partial charge < -0.3 is 10.6 Å². The molecule has 1 aliphatic carbocycles. The number of nitrogens with zero attached hydrogens (tertiary/aromatic N) is 2. The summed E-state index contributed by atoms with van der Waals surface area (Å²) < 4.78 is 0. The summed E-state index contributed by atoms with van der Waals surface area (Å²) in [5, 5.41) is 6.38. The molecule has 2 fully saturated rings. The molecule has 7 heteroatoms. The second kappa shape index (κ2) is 5.84. The molecule has 4 amide bonds. The summed E-state index contributed by atoms with van der Waals surface area (Å²) in [5.41, 5.74) is 0.575. The normalized spacial score (nSPS) is 18.8. The zero-order chi connectivity index (χ0) is 17.4. The van der Waals surface area contributed by atoms with Crippen LogP contribution in [-0.2, 0) is 9.59 Å². The lowest BCUT2D eigenvalue weighted by atomic mass is 9.98. The quantitative estimate of drug-likeness (QED) is 0.838. The Bertz CT molecular complexity index is 874. The van der Waals surface area contributed by atoms with E-state index in [4.69, 9.17) is 0 Å². The predicted molar refractivity (Wildman–Crippen MR) is 91.8 cm³/mol. The van der Waals surface area contributed by atoms with Crippen LogP contribution in [0.3, 0.4) is 0 Å². The minimum absolute atomic E-state index is 0.290. The summed E-state index contributed by atoms with van der Waals surface area (Å²) in [6.45, 7) is -0.292. The molecule has 0 bridgehead atoms. The Labute approximate surface area is 144 Å². The highest BCUT2D eigenvalue weighted by molar-refractivity contribution is 6.10. The summed E-state index contributed by atoms with van der Waals surface area (Å²) in [7, 11) is 0. The SMILES string of the molecule is O=C(CN1C(=O)NC2(CCCC2)C1=O)Nc1cnc2ccccc2c1. The maximum atomic E-state index is 12.6. The van der Waals surface area contributed by atoms with Gasteiger partial charge in [0, 0.05) is 5.39 Å². The van der Waals surface area contributed by atoms with Gasteiger partial charge in [0.1, 0.15) is 12.1 Å². The van der Waals surface area contributed by atoms with E-state index in [0.717, 1.165) is 28.6 Å². The Balaban J connectivity index is 1.46. The van der Waals surface area contributed by atoms with Crippen LogP contribution in [0, 0.1) is 0 Å². The molecule has 0 atom stereocenters. The zero-order valence-corrected chi connectivity index (χ0v) is 13.6. The van der Waals surface area contributed by atoms with Crippen LogP contribution in [-0.4, -0.2) is 39.8 Å². The number of hydrogen-bond acceptors (Lipinski definition) is 4. The van der Waals surface area contributed by atoms with E-state index in [1.165, 1.54) is 0 Å². The summed E-state index contributed by atoms with van der Waals surface area (Å²) in [6.07, 6.45) is 4.67. The Hall–Kier alpha value is -2.96. The number of fused-ring (bicyclic) bond motifs is 1. The van der Waals surface area contributed by atoms with E-state index in [-0.39, 0.29) is 12.5 Å². The molecular formula is C18H18N4O3. The van der Waals surface area contributed by atoms with Crippen molar-refractivity contribution in [3.63, 3.8) is 0 Å². The molecule has 128 valence electrons. The fourth-order valence-corrected chi connectivity index (χ4v) is 3.62. The Morgan fingerprint density at radius 1 is 1.24 bits per heavy atom. The number of aromatic nitrogens is 1. The van der Waals surface area contributed by atoms with E-state index in [9.17, 15) is 14.4 Å². The van der Waals surface area contributed by atoms with Gasteiger partial charge in [-0.1, -0.05) is 31.0 Å². The highest BCUT2D eigenvalue weighted by Crippen LogP contribution is 2.34. The Kier molecular flexibility index (Phi) is 3.63. The number of para-hydroxylation sites is 1. The topological polar surface area (TPSA) is 91.4 Å². The molecule has 0 radical (unpaired) electrons. The van der Waals surface area contributed by atoms with Crippen molar-refractivity contribution in [2.45, 2.75) is 31.2 Å². The third-order valence-corrected chi connectivity index (χ3v) is 4.88. The number of benzene rings is 1. The molecule has 1 saturated carbocycles. The summed E-state index contributed by atoms with van der Waals surface area (Å²) in [6, 6.07) is 8.89. The van der Waals surface area contributed by atoms with Gasteiger partial charge in [-0.15, -0.1) is 0 Å². The Morgan fingerprint density at radius 2 is 2.00 bits per heavy atom. The summed E-state index contributed by atoms with van der Waals surface area (Å²) in [4.78, 5) is 42.2. The van der Waals surface area contributed by atoms with Crippen molar-refractivity contribution in [1.29, 1.82) is 0 Å². The number of pyridine rings is 1. The molecule has 1 aliphatic heterocycles. The van der Waals surface area contributed by atoms with Crippen LogP contribution in [0.25, 0.3) is 10.9 Å². The fourth-order valence-electron chi connectivity index (χ4n) is 3.62. The molecule has 1 spiro atoms. The van der Waals surface area contributed by atoms with Crippen molar-refractivity contribution in [3.8, 4) is 0 Å². The highest BCUT2D eigenvalue weighted by atomic mass is 16.2. The van der Waals surface area contributed by atoms with E-state index in [0.29, 0.717) is 18.5 Å². The molecule has 4 rings (SSSR count). The van der Waals surface area contributed by atoms with E-state index >= 15 is 0 Å². The first-order valence-electron chi connectivity index (χ1n) is 8.36. The van der Waals surface area contributed by atoms with Crippen molar-refractivity contribution in [1.82, 2.24) is 15.2 Å². The standard InChI is InChI=1S/C18H18N4O3/c23-15(20-13-9-12-5-1-2-6-14(12)19-10-13)11-22-16(24)18(21-17(22)25)7-3-4-8-18/h1-2,5-6,9-10H,3-4,7-8,11H2,(H,20,23)(H,21,25). The molecule has 2 heterocycles. The van der Waals surface area contributed by atoms with Crippen LogP contribution in [0.15, 0.2) is 36.5 Å². The first-order valence-corrected chi connectivity index (χ1v) is 8.36. The van der Waals surface area contributed by atoms with Gasteiger partial charge in [0.2, 0.25) is 5.91 Å². The van der Waals surface area contributed by atoms with Gasteiger partial charge in [0.15, 0.2) is 0 Å². The van der Waals surface area contributed by atoms with Crippen LogP contribution in [0.2, 0.25) is 0 Å². The molecule has 7 nitrogen and oxygen atoms in total. The molecule has 2 N–H and O–H groups in total. The number of amides is 4. The number of anilines is 1. The average Bonchev–Trinajstić information content (AvgIpc) is 3.16. The first kappa shape index (κ1) is 15.6. The van der Waals surface area contributed by atoms with Crippen molar-refractivity contribution >= 4 is 34.4 Å². The van der Waals surface area contributed by atoms with Crippen molar-refractivity contribution in [2.24, 2.45) is 0 Å². The molecule has 1 aromatic heterocycles. The largest absolute Gasteiger partial charge is 0.325 e. The molecule has 1 saturated heterocycles. The maximum Gasteiger partial charge on any atom is 0.325 e. The molecule has 2 aromatic rings. The molecular weight excluding hydrogens is 320 g/mol. The number of imide groups is 1. The van der Waals surface area contributed by atoms with Gasteiger partial charge in [-0.05, 0) is 25.0 Å². The second-order valence-electron chi connectivity index (χ2n) is 6.58. The predicted octanol–water partition coefficient (Wildman–Crippen LogP) is 2.04. The minimum atomic E-state index is -0.790. The minimum Gasteiger partial charge on any atom is -0.323 e. The maximum absolute atomic E-state index is 12.6. The lowest BCUT2D eigenvalue weighted by Gasteiger charge is -2.19. The molecule has 0 unspecified atom stereocenters. The zero-order valence-electron chi connectivity index (χ0n) is 13.6. The van der Waals surface area contributed by atoms with Crippen LogP contribution in [0.4, 0.5) is 10.5 Å². The van der Waals surface area contributed by atoms with Gasteiger partial charge in [0.05, 0.1) is 17.4 Å². The number of hydrogen-bond donors (Lipinski definition) is 2. The highest BCUT2D eigenvalue weighted by Gasteiger charge is 2.52. The second-order valence-corrected chi connectivity index (χ2v) is 6.58. The molecule has 25 heavy (non-hydrogen) atoms. The van der Waals surface area contributed by atoms with Gasteiger partial charge in [-0.2, -0.15) is 0 Å². The third kappa shape index (κ3) is 2.71. The van der Waals surface area contributed by atoms with Gasteiger partial charge in [-0.25, -0.2) is 4.79 Å². The van der Waals surface area contributed by atoms with Gasteiger partial charge in [-0.3, -0.25) is 19.5 Å². The van der Waals surface area contributed by atoms with Crippen molar-refractivity contribution in [2.75, 3.05) is 11.9 Å². The van der Waals surface area contributed by atoms with Gasteiger partial charge >= 0.3 is 6.03 Å². The van der Waals surface area contributed by atoms with E-state index in [1.54, 1.807) is 6.20 Å². The van der Waals surface area contributed by atoms with Crippen molar-refractivity contribution in [3.05, 3.63) is 36.5 Å².